The van der Waals surface area contributed by atoms with E-state index in [0.29, 0.717) is 0 Å². The van der Waals surface area contributed by atoms with Gasteiger partial charge in [0.25, 0.3) is 0 Å². The molecule has 0 bridgehead atoms. The van der Waals surface area contributed by atoms with E-state index in [1.807, 2.05) is 24.3 Å². The molecule has 23 heavy (non-hydrogen) atoms. The Kier molecular flexibility index (Phi) is 4.04. The summed E-state index contributed by atoms with van der Waals surface area (Å²) in [5.41, 5.74) is 0.284. The SMILES string of the molecule is COc1ccc(N2C(=O)C3(CCCCC3)C2C(=O)N(C)C)cc1. The van der Waals surface area contributed by atoms with E-state index >= 15 is 0 Å². The van der Waals surface area contributed by atoms with Crippen molar-refractivity contribution in [3.05, 3.63) is 24.3 Å². The molecule has 1 atom stereocenters. The van der Waals surface area contributed by atoms with Crippen molar-refractivity contribution in [2.75, 3.05) is 26.1 Å². The predicted octanol–water partition coefficient (Wildman–Crippen LogP) is 2.45. The van der Waals surface area contributed by atoms with E-state index in [1.54, 1.807) is 31.0 Å². The van der Waals surface area contributed by atoms with Crippen LogP contribution in [0, 0.1) is 5.41 Å². The number of methoxy groups -OCH3 is 1. The van der Waals surface area contributed by atoms with Crippen molar-refractivity contribution in [1.82, 2.24) is 4.90 Å². The smallest absolute Gasteiger partial charge is 0.246 e. The summed E-state index contributed by atoms with van der Waals surface area (Å²) < 4.78 is 5.17. The second-order valence-electron chi connectivity index (χ2n) is 6.73. The number of ether oxygens (including phenoxy) is 1. The lowest BCUT2D eigenvalue weighted by molar-refractivity contribution is -0.154. The van der Waals surface area contributed by atoms with Crippen molar-refractivity contribution in [3.8, 4) is 5.75 Å². The molecule has 1 aromatic carbocycles. The van der Waals surface area contributed by atoms with Crippen LogP contribution < -0.4 is 9.64 Å². The molecule has 2 amide bonds. The van der Waals surface area contributed by atoms with Crippen LogP contribution in [0.4, 0.5) is 5.69 Å². The van der Waals surface area contributed by atoms with E-state index in [1.165, 1.54) is 0 Å². The molecule has 1 heterocycles. The third-order valence-corrected chi connectivity index (χ3v) is 5.20. The van der Waals surface area contributed by atoms with Gasteiger partial charge in [0.2, 0.25) is 11.8 Å². The lowest BCUT2D eigenvalue weighted by Gasteiger charge is -2.57. The Balaban J connectivity index is 1.95. The molecule has 5 nitrogen and oxygen atoms in total. The molecule has 0 radical (unpaired) electrons. The molecule has 1 aliphatic carbocycles. The molecular weight excluding hydrogens is 292 g/mol. The summed E-state index contributed by atoms with van der Waals surface area (Å²) in [7, 11) is 5.13. The molecule has 0 aromatic heterocycles. The summed E-state index contributed by atoms with van der Waals surface area (Å²) in [6, 6.07) is 6.97. The standard InChI is InChI=1S/C18H24N2O3/c1-19(2)16(21)15-18(11-5-4-6-12-18)17(22)20(15)13-7-9-14(23-3)10-8-13/h7-10,15H,4-6,11-12H2,1-3H3. The van der Waals surface area contributed by atoms with Crippen molar-refractivity contribution >= 4 is 17.5 Å². The van der Waals surface area contributed by atoms with Crippen molar-refractivity contribution < 1.29 is 14.3 Å². The number of hydrogen-bond donors (Lipinski definition) is 0. The monoisotopic (exact) mass is 316 g/mol. The average molecular weight is 316 g/mol. The largest absolute Gasteiger partial charge is 0.497 e. The molecule has 124 valence electrons. The van der Waals surface area contributed by atoms with Crippen LogP contribution in [-0.4, -0.2) is 44.0 Å². The Morgan fingerprint density at radius 3 is 2.30 bits per heavy atom. The van der Waals surface area contributed by atoms with Gasteiger partial charge in [0.15, 0.2) is 0 Å². The minimum Gasteiger partial charge on any atom is -0.497 e. The van der Waals surface area contributed by atoms with Crippen molar-refractivity contribution in [2.24, 2.45) is 5.41 Å². The van der Waals surface area contributed by atoms with Gasteiger partial charge in [-0.25, -0.2) is 0 Å². The van der Waals surface area contributed by atoms with Crippen LogP contribution in [0.25, 0.3) is 0 Å². The minimum atomic E-state index is -0.487. The summed E-state index contributed by atoms with van der Waals surface area (Å²) in [6.07, 6.45) is 4.85. The average Bonchev–Trinajstić information content (AvgIpc) is 2.59. The predicted molar refractivity (Wildman–Crippen MR) is 88.5 cm³/mol. The van der Waals surface area contributed by atoms with Crippen LogP contribution in [0.1, 0.15) is 32.1 Å². The van der Waals surface area contributed by atoms with Gasteiger partial charge in [0, 0.05) is 19.8 Å². The van der Waals surface area contributed by atoms with Crippen molar-refractivity contribution in [3.63, 3.8) is 0 Å². The van der Waals surface area contributed by atoms with Gasteiger partial charge in [-0.15, -0.1) is 0 Å². The maximum absolute atomic E-state index is 13.0. The van der Waals surface area contributed by atoms with Gasteiger partial charge in [-0.3, -0.25) is 14.5 Å². The van der Waals surface area contributed by atoms with Gasteiger partial charge < -0.3 is 9.64 Å². The molecular formula is C18H24N2O3. The topological polar surface area (TPSA) is 49.9 Å². The highest BCUT2D eigenvalue weighted by atomic mass is 16.5. The van der Waals surface area contributed by atoms with Gasteiger partial charge in [-0.2, -0.15) is 0 Å². The molecule has 1 saturated carbocycles. The third kappa shape index (κ3) is 2.38. The molecule has 1 spiro atoms. The first-order chi connectivity index (χ1) is 11.0. The zero-order valence-electron chi connectivity index (χ0n) is 14.0. The number of carbonyl (C=O) groups is 2. The summed E-state index contributed by atoms with van der Waals surface area (Å²) in [6.45, 7) is 0. The molecule has 1 saturated heterocycles. The first-order valence-electron chi connectivity index (χ1n) is 8.20. The quantitative estimate of drug-likeness (QED) is 0.805. The highest BCUT2D eigenvalue weighted by Gasteiger charge is 2.64. The Morgan fingerprint density at radius 2 is 1.78 bits per heavy atom. The Hall–Kier alpha value is -2.04. The Labute approximate surface area is 137 Å². The van der Waals surface area contributed by atoms with E-state index in [0.717, 1.165) is 43.5 Å². The number of amides is 2. The van der Waals surface area contributed by atoms with E-state index in [-0.39, 0.29) is 17.9 Å². The first kappa shape index (κ1) is 15.8. The molecule has 1 unspecified atom stereocenters. The van der Waals surface area contributed by atoms with Crippen LogP contribution in [0.2, 0.25) is 0 Å². The second kappa shape index (κ2) is 5.87. The first-order valence-corrected chi connectivity index (χ1v) is 8.20. The highest BCUT2D eigenvalue weighted by molar-refractivity contribution is 6.14. The van der Waals surface area contributed by atoms with Crippen LogP contribution in [0.3, 0.4) is 0 Å². The number of nitrogens with zero attached hydrogens (tertiary/aromatic N) is 2. The van der Waals surface area contributed by atoms with Crippen molar-refractivity contribution in [2.45, 2.75) is 38.1 Å². The zero-order valence-corrected chi connectivity index (χ0v) is 14.0. The van der Waals surface area contributed by atoms with Crippen LogP contribution in [0.15, 0.2) is 24.3 Å². The van der Waals surface area contributed by atoms with E-state index in [4.69, 9.17) is 4.74 Å². The fourth-order valence-electron chi connectivity index (χ4n) is 3.93. The number of likely N-dealkylation sites (N-methyl/N-ethyl adjacent to an activating group) is 1. The van der Waals surface area contributed by atoms with Crippen LogP contribution in [-0.2, 0) is 9.59 Å². The number of hydrogen-bond acceptors (Lipinski definition) is 3. The highest BCUT2D eigenvalue weighted by Crippen LogP contribution is 2.52. The Bertz CT molecular complexity index is 603. The molecule has 2 fully saturated rings. The fraction of sp³-hybridized carbons (Fsp3) is 0.556. The molecule has 1 aliphatic heterocycles. The van der Waals surface area contributed by atoms with E-state index < -0.39 is 5.41 Å². The molecule has 1 aromatic rings. The van der Waals surface area contributed by atoms with Crippen LogP contribution in [0.5, 0.6) is 5.75 Å². The number of carbonyl (C=O) groups excluding carboxylic acids is 2. The van der Waals surface area contributed by atoms with E-state index in [9.17, 15) is 9.59 Å². The molecule has 3 rings (SSSR count). The number of rotatable bonds is 3. The number of anilines is 1. The lowest BCUT2D eigenvalue weighted by Crippen LogP contribution is -2.74. The van der Waals surface area contributed by atoms with E-state index in [2.05, 4.69) is 0 Å². The van der Waals surface area contributed by atoms with Crippen molar-refractivity contribution in [1.29, 1.82) is 0 Å². The lowest BCUT2D eigenvalue weighted by atomic mass is 9.61. The summed E-state index contributed by atoms with van der Waals surface area (Å²) in [5.74, 6) is 0.856. The van der Waals surface area contributed by atoms with Gasteiger partial charge >= 0.3 is 0 Å². The van der Waals surface area contributed by atoms with Gasteiger partial charge in [0.05, 0.1) is 12.5 Å². The number of benzene rings is 1. The molecule has 0 N–H and O–H groups in total. The molecule has 2 aliphatic rings. The normalized spacial score (nSPS) is 22.7. The fourth-order valence-corrected chi connectivity index (χ4v) is 3.93. The summed E-state index contributed by atoms with van der Waals surface area (Å²) >= 11 is 0. The maximum atomic E-state index is 13.0. The maximum Gasteiger partial charge on any atom is 0.246 e. The number of β-lactam (4-membered cyclic amide) rings is 1. The van der Waals surface area contributed by atoms with Gasteiger partial charge in [-0.05, 0) is 37.1 Å². The zero-order chi connectivity index (χ0) is 16.6. The minimum absolute atomic E-state index is 0.0160. The van der Waals surface area contributed by atoms with Gasteiger partial charge in [0.1, 0.15) is 11.8 Å². The van der Waals surface area contributed by atoms with Gasteiger partial charge in [-0.1, -0.05) is 19.3 Å². The van der Waals surface area contributed by atoms with Crippen LogP contribution >= 0.6 is 0 Å². The Morgan fingerprint density at radius 1 is 1.17 bits per heavy atom. The second-order valence-corrected chi connectivity index (χ2v) is 6.73. The molecule has 5 heteroatoms. The third-order valence-electron chi connectivity index (χ3n) is 5.20. The summed E-state index contributed by atoms with van der Waals surface area (Å²) in [5, 5.41) is 0. The summed E-state index contributed by atoms with van der Waals surface area (Å²) in [4.78, 5) is 29.0.